The van der Waals surface area contributed by atoms with Gasteiger partial charge in [-0.15, -0.1) is 12.4 Å². The minimum Gasteiger partial charge on any atom is -0.367 e. The number of rotatable bonds is 3. The van der Waals surface area contributed by atoms with E-state index in [0.29, 0.717) is 19.5 Å². The zero-order valence-corrected chi connectivity index (χ0v) is 14.6. The zero-order chi connectivity index (χ0) is 17.9. The second-order valence-corrected chi connectivity index (χ2v) is 6.61. The molecular weight excluding hydrogens is 370 g/mol. The maximum atomic E-state index is 15.2. The van der Waals surface area contributed by atoms with Crippen LogP contribution in [0.4, 0.5) is 14.5 Å². The normalized spacial score (nSPS) is 19.7. The zero-order valence-electron chi connectivity index (χ0n) is 13.7. The van der Waals surface area contributed by atoms with Gasteiger partial charge in [0.15, 0.2) is 5.82 Å². The number of nitrogens with zero attached hydrogens (tertiary/aromatic N) is 3. The number of anilines is 1. The second-order valence-electron chi connectivity index (χ2n) is 6.61. The van der Waals surface area contributed by atoms with Crippen LogP contribution >= 0.6 is 12.4 Å². The minimum absolute atomic E-state index is 0. The SMILES string of the molecule is Cl.N[C@H]1CCN(c2cc(F)c3c(=O)n(N)c(=O)n(NC4CC4)c3c2F)C1. The van der Waals surface area contributed by atoms with Gasteiger partial charge in [-0.1, -0.05) is 0 Å². The summed E-state index contributed by atoms with van der Waals surface area (Å²) in [6.07, 6.45) is 2.24. The van der Waals surface area contributed by atoms with Gasteiger partial charge >= 0.3 is 5.69 Å². The highest BCUT2D eigenvalue weighted by Gasteiger charge is 2.29. The van der Waals surface area contributed by atoms with E-state index in [9.17, 15) is 14.0 Å². The van der Waals surface area contributed by atoms with E-state index in [4.69, 9.17) is 11.6 Å². The Morgan fingerprint density at radius 1 is 1.19 bits per heavy atom. The van der Waals surface area contributed by atoms with Crippen molar-refractivity contribution in [2.75, 3.05) is 29.3 Å². The van der Waals surface area contributed by atoms with E-state index < -0.39 is 33.8 Å². The van der Waals surface area contributed by atoms with Gasteiger partial charge in [0, 0.05) is 31.2 Å². The van der Waals surface area contributed by atoms with Crippen LogP contribution in [0.1, 0.15) is 19.3 Å². The van der Waals surface area contributed by atoms with E-state index in [-0.39, 0.29) is 34.9 Å². The Morgan fingerprint density at radius 2 is 1.88 bits per heavy atom. The molecule has 8 nitrogen and oxygen atoms in total. The van der Waals surface area contributed by atoms with Crippen LogP contribution in [0.3, 0.4) is 0 Å². The van der Waals surface area contributed by atoms with E-state index in [1.165, 1.54) is 0 Å². The van der Waals surface area contributed by atoms with Crippen molar-refractivity contribution in [2.24, 2.45) is 5.73 Å². The van der Waals surface area contributed by atoms with Gasteiger partial charge in [-0.25, -0.2) is 18.3 Å². The van der Waals surface area contributed by atoms with Gasteiger partial charge in [0.25, 0.3) is 5.56 Å². The summed E-state index contributed by atoms with van der Waals surface area (Å²) in [6, 6.07) is 0.787. The van der Waals surface area contributed by atoms with Gasteiger partial charge in [-0.05, 0) is 19.3 Å². The van der Waals surface area contributed by atoms with Crippen LogP contribution in [0.5, 0.6) is 0 Å². The molecule has 0 spiro atoms. The Kier molecular flexibility index (Phi) is 4.57. The molecule has 0 radical (unpaired) electrons. The summed E-state index contributed by atoms with van der Waals surface area (Å²) in [5.41, 5.74) is 6.19. The highest BCUT2D eigenvalue weighted by atomic mass is 35.5. The number of halogens is 3. The van der Waals surface area contributed by atoms with Crippen LogP contribution in [0.15, 0.2) is 15.7 Å². The molecule has 0 amide bonds. The molecule has 2 aliphatic rings. The van der Waals surface area contributed by atoms with Gasteiger partial charge in [0.2, 0.25) is 0 Å². The molecular formula is C15H19ClF2N6O2. The molecule has 4 rings (SSSR count). The first-order chi connectivity index (χ1) is 11.9. The predicted octanol–water partition coefficient (Wildman–Crippen LogP) is -0.180. The number of nitrogen functional groups attached to an aromatic ring is 1. The van der Waals surface area contributed by atoms with Crippen molar-refractivity contribution in [1.82, 2.24) is 9.35 Å². The average Bonchev–Trinajstić information content (AvgIpc) is 3.30. The molecule has 1 aromatic heterocycles. The molecule has 1 saturated heterocycles. The van der Waals surface area contributed by atoms with Crippen molar-refractivity contribution >= 4 is 29.0 Å². The van der Waals surface area contributed by atoms with Gasteiger partial charge in [-0.3, -0.25) is 4.79 Å². The Bertz CT molecular complexity index is 987. The third kappa shape index (κ3) is 2.78. The van der Waals surface area contributed by atoms with E-state index in [2.05, 4.69) is 5.43 Å². The molecule has 2 heterocycles. The maximum absolute atomic E-state index is 15.2. The van der Waals surface area contributed by atoms with E-state index >= 15 is 4.39 Å². The van der Waals surface area contributed by atoms with Gasteiger partial charge in [0.05, 0.1) is 5.69 Å². The van der Waals surface area contributed by atoms with Gasteiger partial charge in [-0.2, -0.15) is 4.68 Å². The highest BCUT2D eigenvalue weighted by molar-refractivity contribution is 5.85. The molecule has 11 heteroatoms. The Hall–Kier alpha value is -2.33. The highest BCUT2D eigenvalue weighted by Crippen LogP contribution is 2.30. The summed E-state index contributed by atoms with van der Waals surface area (Å²) in [6.45, 7) is 0.841. The molecule has 26 heavy (non-hydrogen) atoms. The number of aromatic nitrogens is 2. The molecule has 142 valence electrons. The molecule has 2 fully saturated rings. The molecule has 0 bridgehead atoms. The molecule has 2 aromatic rings. The Morgan fingerprint density at radius 3 is 2.46 bits per heavy atom. The van der Waals surface area contributed by atoms with E-state index in [0.717, 1.165) is 23.6 Å². The molecule has 5 N–H and O–H groups in total. The van der Waals surface area contributed by atoms with E-state index in [1.54, 1.807) is 4.90 Å². The van der Waals surface area contributed by atoms with Crippen molar-refractivity contribution in [2.45, 2.75) is 31.3 Å². The third-order valence-corrected chi connectivity index (χ3v) is 4.68. The summed E-state index contributed by atoms with van der Waals surface area (Å²) < 4.78 is 31.0. The van der Waals surface area contributed by atoms with Crippen molar-refractivity contribution in [1.29, 1.82) is 0 Å². The van der Waals surface area contributed by atoms with Crippen LogP contribution < -0.4 is 33.2 Å². The molecule has 0 unspecified atom stereocenters. The lowest BCUT2D eigenvalue weighted by Crippen LogP contribution is -2.48. The first kappa shape index (κ1) is 18.5. The van der Waals surface area contributed by atoms with Crippen molar-refractivity contribution in [3.63, 3.8) is 0 Å². The lowest BCUT2D eigenvalue weighted by Gasteiger charge is -2.21. The fourth-order valence-corrected chi connectivity index (χ4v) is 3.17. The number of nitrogens with two attached hydrogens (primary N) is 2. The number of nitrogens with one attached hydrogen (secondary N) is 1. The average molecular weight is 389 g/mol. The van der Waals surface area contributed by atoms with Crippen LogP contribution in [0.25, 0.3) is 10.9 Å². The molecule has 1 saturated carbocycles. The van der Waals surface area contributed by atoms with Crippen LogP contribution in [0.2, 0.25) is 0 Å². The summed E-state index contributed by atoms with van der Waals surface area (Å²) >= 11 is 0. The number of hydrogen-bond donors (Lipinski definition) is 3. The number of hydrogen-bond acceptors (Lipinski definition) is 6. The third-order valence-electron chi connectivity index (χ3n) is 4.68. The smallest absolute Gasteiger partial charge is 0.367 e. The van der Waals surface area contributed by atoms with Crippen molar-refractivity contribution in [3.8, 4) is 0 Å². The summed E-state index contributed by atoms with van der Waals surface area (Å²) in [4.78, 5) is 26.2. The summed E-state index contributed by atoms with van der Waals surface area (Å²) in [7, 11) is 0. The maximum Gasteiger partial charge on any atom is 0.368 e. The standard InChI is InChI=1S/C15H18F2N6O2.ClH/c16-9-5-10(21-4-3-7(18)6-21)12(17)13-11(9)14(24)22(19)15(25)23(13)20-8-1-2-8;/h5,7-8,20H,1-4,6,18-19H2;1H/t7-;/m0./s1. The molecule has 1 aromatic carbocycles. The summed E-state index contributed by atoms with van der Waals surface area (Å²) in [5, 5.41) is -0.556. The van der Waals surface area contributed by atoms with Gasteiger partial charge in [0.1, 0.15) is 16.7 Å². The predicted molar refractivity (Wildman–Crippen MR) is 97.0 cm³/mol. The quantitative estimate of drug-likeness (QED) is 0.629. The summed E-state index contributed by atoms with van der Waals surface area (Å²) in [5.74, 6) is 3.69. The van der Waals surface area contributed by atoms with Crippen molar-refractivity contribution in [3.05, 3.63) is 38.5 Å². The fourth-order valence-electron chi connectivity index (χ4n) is 3.17. The van der Waals surface area contributed by atoms with Gasteiger partial charge < -0.3 is 21.9 Å². The largest absolute Gasteiger partial charge is 0.368 e. The van der Waals surface area contributed by atoms with Crippen LogP contribution in [0, 0.1) is 11.6 Å². The first-order valence-electron chi connectivity index (χ1n) is 8.10. The second kappa shape index (κ2) is 6.44. The monoisotopic (exact) mass is 388 g/mol. The van der Waals surface area contributed by atoms with E-state index in [1.807, 2.05) is 0 Å². The Balaban J connectivity index is 0.00000196. The van der Waals surface area contributed by atoms with Crippen LogP contribution in [-0.2, 0) is 0 Å². The molecule has 1 aliphatic carbocycles. The first-order valence-corrected chi connectivity index (χ1v) is 8.10. The topological polar surface area (TPSA) is 111 Å². The minimum atomic E-state index is -1.07. The Labute approximate surface area is 152 Å². The number of fused-ring (bicyclic) bond motifs is 1. The fraction of sp³-hybridized carbons (Fsp3) is 0.467. The number of benzene rings is 1. The lowest BCUT2D eigenvalue weighted by atomic mass is 10.2. The van der Waals surface area contributed by atoms with Crippen molar-refractivity contribution < 1.29 is 8.78 Å². The van der Waals surface area contributed by atoms with Crippen LogP contribution in [-0.4, -0.2) is 34.5 Å². The molecule has 1 atom stereocenters. The lowest BCUT2D eigenvalue weighted by molar-refractivity contribution is 0.596. The molecule has 1 aliphatic heterocycles.